The number of nitrogens with zero attached hydrogens (tertiary/aromatic N) is 2. The molecule has 0 spiro atoms. The zero-order valence-electron chi connectivity index (χ0n) is 8.96. The van der Waals surface area contributed by atoms with E-state index in [1.807, 2.05) is 12.3 Å². The molecule has 5 heteroatoms. The smallest absolute Gasteiger partial charge is 0.332 e. The van der Waals surface area contributed by atoms with Gasteiger partial charge in [0, 0.05) is 6.20 Å². The second-order valence-corrected chi connectivity index (χ2v) is 4.52. The average Bonchev–Trinajstić information content (AvgIpc) is 2.77. The average molecular weight is 238 g/mol. The Bertz CT molecular complexity index is 502. The standard InChI is InChI=1S/C11H13ClN4/c12-11-14-9-8(4-5-13-9)10(15-11)16-6-2-1-3-7-16/h4-5H,1-3,6-7H2,(H,13,14,15)/p+1. The van der Waals surface area contributed by atoms with E-state index in [2.05, 4.69) is 19.9 Å². The summed E-state index contributed by atoms with van der Waals surface area (Å²) in [6, 6.07) is 2.04. The summed E-state index contributed by atoms with van der Waals surface area (Å²) in [7, 11) is 0. The van der Waals surface area contributed by atoms with Crippen molar-refractivity contribution in [1.82, 2.24) is 9.97 Å². The number of H-pyrrole nitrogens is 2. The van der Waals surface area contributed by atoms with Gasteiger partial charge in [0.25, 0.3) is 0 Å². The number of piperidine rings is 1. The van der Waals surface area contributed by atoms with E-state index in [-0.39, 0.29) is 0 Å². The first-order valence-corrected chi connectivity index (χ1v) is 6.03. The number of nitrogens with one attached hydrogen (secondary N) is 2. The van der Waals surface area contributed by atoms with Crippen LogP contribution in [-0.2, 0) is 0 Å². The lowest BCUT2D eigenvalue weighted by molar-refractivity contribution is -0.364. The molecule has 2 aromatic heterocycles. The van der Waals surface area contributed by atoms with Gasteiger partial charge in [-0.1, -0.05) is 4.98 Å². The highest BCUT2D eigenvalue weighted by atomic mass is 35.5. The van der Waals surface area contributed by atoms with Gasteiger partial charge in [0.1, 0.15) is 5.39 Å². The first kappa shape index (κ1) is 9.90. The third kappa shape index (κ3) is 1.63. The maximum absolute atomic E-state index is 5.99. The molecule has 2 aromatic rings. The van der Waals surface area contributed by atoms with Gasteiger partial charge in [-0.2, -0.15) is 0 Å². The molecule has 1 aliphatic heterocycles. The van der Waals surface area contributed by atoms with Crippen LogP contribution in [0.1, 0.15) is 19.3 Å². The van der Waals surface area contributed by atoms with Gasteiger partial charge in [-0.05, 0) is 36.9 Å². The lowest BCUT2D eigenvalue weighted by Crippen LogP contribution is -2.34. The van der Waals surface area contributed by atoms with E-state index in [9.17, 15) is 0 Å². The van der Waals surface area contributed by atoms with Gasteiger partial charge in [-0.25, -0.2) is 4.98 Å². The van der Waals surface area contributed by atoms with E-state index in [1.165, 1.54) is 19.3 Å². The van der Waals surface area contributed by atoms with Crippen molar-refractivity contribution < 1.29 is 4.98 Å². The summed E-state index contributed by atoms with van der Waals surface area (Å²) >= 11 is 5.99. The van der Waals surface area contributed by atoms with Crippen LogP contribution >= 0.6 is 11.6 Å². The topological polar surface area (TPSA) is 46.1 Å². The molecular weight excluding hydrogens is 224 g/mol. The third-order valence-corrected chi connectivity index (χ3v) is 3.26. The Morgan fingerprint density at radius 1 is 1.31 bits per heavy atom. The SMILES string of the molecule is Clc1nc2[nH]ccc2c(N2CCCCC2)[nH+]1. The van der Waals surface area contributed by atoms with Gasteiger partial charge in [-0.3, -0.25) is 4.90 Å². The molecule has 0 saturated carbocycles. The molecule has 0 bridgehead atoms. The maximum Gasteiger partial charge on any atom is 0.334 e. The van der Waals surface area contributed by atoms with Crippen molar-refractivity contribution in [2.45, 2.75) is 19.3 Å². The number of rotatable bonds is 1. The zero-order valence-corrected chi connectivity index (χ0v) is 9.72. The highest BCUT2D eigenvalue weighted by molar-refractivity contribution is 6.27. The molecule has 3 heterocycles. The summed E-state index contributed by atoms with van der Waals surface area (Å²) in [4.78, 5) is 12.8. The molecular formula is C11H14ClN4+. The van der Waals surface area contributed by atoms with Crippen molar-refractivity contribution in [3.05, 3.63) is 17.5 Å². The van der Waals surface area contributed by atoms with Gasteiger partial charge in [-0.15, -0.1) is 0 Å². The minimum absolute atomic E-state index is 0.440. The van der Waals surface area contributed by atoms with Crippen LogP contribution in [0.25, 0.3) is 11.0 Å². The number of anilines is 1. The molecule has 0 amide bonds. The van der Waals surface area contributed by atoms with Crippen LogP contribution in [0.2, 0.25) is 5.28 Å². The van der Waals surface area contributed by atoms with Crippen molar-refractivity contribution >= 4 is 28.5 Å². The third-order valence-electron chi connectivity index (χ3n) is 3.08. The monoisotopic (exact) mass is 237 g/mol. The first-order chi connectivity index (χ1) is 7.84. The Balaban J connectivity index is 2.09. The summed E-state index contributed by atoms with van der Waals surface area (Å²) in [5, 5.41) is 1.56. The number of aromatic nitrogens is 3. The predicted octanol–water partition coefficient (Wildman–Crippen LogP) is 2.02. The molecule has 1 fully saturated rings. The fraction of sp³-hybridized carbons (Fsp3) is 0.455. The summed E-state index contributed by atoms with van der Waals surface area (Å²) in [6.07, 6.45) is 5.72. The van der Waals surface area contributed by atoms with E-state index < -0.39 is 0 Å². The Morgan fingerprint density at radius 2 is 2.12 bits per heavy atom. The molecule has 4 nitrogen and oxygen atoms in total. The van der Waals surface area contributed by atoms with Crippen molar-refractivity contribution in [2.75, 3.05) is 18.0 Å². The van der Waals surface area contributed by atoms with Gasteiger partial charge in [0.2, 0.25) is 11.5 Å². The minimum atomic E-state index is 0.440. The van der Waals surface area contributed by atoms with Crippen LogP contribution in [0.3, 0.4) is 0 Å². The quantitative estimate of drug-likeness (QED) is 0.772. The fourth-order valence-corrected chi connectivity index (χ4v) is 2.48. The molecule has 3 rings (SSSR count). The molecule has 1 saturated heterocycles. The lowest BCUT2D eigenvalue weighted by Gasteiger charge is -2.23. The van der Waals surface area contributed by atoms with E-state index >= 15 is 0 Å². The number of hydrogen-bond acceptors (Lipinski definition) is 2. The first-order valence-electron chi connectivity index (χ1n) is 5.65. The Kier molecular flexibility index (Phi) is 2.44. The molecule has 0 aliphatic carbocycles. The highest BCUT2D eigenvalue weighted by Crippen LogP contribution is 2.23. The van der Waals surface area contributed by atoms with Crippen LogP contribution in [-0.4, -0.2) is 23.1 Å². The van der Waals surface area contributed by atoms with Crippen molar-refractivity contribution in [3.8, 4) is 0 Å². The second-order valence-electron chi connectivity index (χ2n) is 4.16. The van der Waals surface area contributed by atoms with Crippen molar-refractivity contribution in [2.24, 2.45) is 0 Å². The molecule has 1 aliphatic rings. The number of hydrogen-bond donors (Lipinski definition) is 1. The lowest BCUT2D eigenvalue weighted by atomic mass is 10.1. The Morgan fingerprint density at radius 3 is 2.94 bits per heavy atom. The number of aromatic amines is 2. The normalized spacial score (nSPS) is 16.9. The zero-order chi connectivity index (χ0) is 11.0. The van der Waals surface area contributed by atoms with Gasteiger partial charge in [0.15, 0.2) is 0 Å². The van der Waals surface area contributed by atoms with Gasteiger partial charge < -0.3 is 4.98 Å². The van der Waals surface area contributed by atoms with E-state index in [1.54, 1.807) is 0 Å². The van der Waals surface area contributed by atoms with E-state index in [4.69, 9.17) is 11.6 Å². The molecule has 0 aromatic carbocycles. The highest BCUT2D eigenvalue weighted by Gasteiger charge is 2.22. The number of halogens is 1. The van der Waals surface area contributed by atoms with Crippen molar-refractivity contribution in [1.29, 1.82) is 0 Å². The molecule has 0 unspecified atom stereocenters. The van der Waals surface area contributed by atoms with E-state index in [0.717, 1.165) is 29.9 Å². The fourth-order valence-electron chi connectivity index (χ4n) is 2.30. The molecule has 0 radical (unpaired) electrons. The molecule has 0 atom stereocenters. The second kappa shape index (κ2) is 3.94. The summed E-state index contributed by atoms with van der Waals surface area (Å²) in [6.45, 7) is 2.19. The van der Waals surface area contributed by atoms with Crippen LogP contribution < -0.4 is 9.88 Å². The van der Waals surface area contributed by atoms with Crippen LogP contribution in [0.15, 0.2) is 12.3 Å². The Labute approximate surface area is 98.6 Å². The summed E-state index contributed by atoms with van der Waals surface area (Å²) in [5.74, 6) is 1.09. The minimum Gasteiger partial charge on any atom is -0.332 e. The van der Waals surface area contributed by atoms with Gasteiger partial charge in [0.05, 0.1) is 13.1 Å². The van der Waals surface area contributed by atoms with Crippen molar-refractivity contribution in [3.63, 3.8) is 0 Å². The van der Waals surface area contributed by atoms with Crippen LogP contribution in [0, 0.1) is 0 Å². The molecule has 84 valence electrons. The van der Waals surface area contributed by atoms with Crippen LogP contribution in [0.4, 0.5) is 5.82 Å². The Hall–Kier alpha value is -1.29. The van der Waals surface area contributed by atoms with E-state index in [0.29, 0.717) is 5.28 Å². The largest absolute Gasteiger partial charge is 0.334 e. The van der Waals surface area contributed by atoms with Gasteiger partial charge >= 0.3 is 5.28 Å². The molecule has 16 heavy (non-hydrogen) atoms. The molecule has 2 N–H and O–H groups in total. The summed E-state index contributed by atoms with van der Waals surface area (Å²) < 4.78 is 0. The number of fused-ring (bicyclic) bond motifs is 1. The predicted molar refractivity (Wildman–Crippen MR) is 63.7 cm³/mol. The van der Waals surface area contributed by atoms with Crippen LogP contribution in [0.5, 0.6) is 0 Å². The maximum atomic E-state index is 5.99. The summed E-state index contributed by atoms with van der Waals surface area (Å²) in [5.41, 5.74) is 0.851.